The van der Waals surface area contributed by atoms with Gasteiger partial charge in [-0.3, -0.25) is 10.1 Å². The van der Waals surface area contributed by atoms with Gasteiger partial charge in [-0.2, -0.15) is 4.98 Å². The molecule has 0 bridgehead atoms. The van der Waals surface area contributed by atoms with Gasteiger partial charge < -0.3 is 20.3 Å². The summed E-state index contributed by atoms with van der Waals surface area (Å²) in [6, 6.07) is 6.59. The first-order valence-electron chi connectivity index (χ1n) is 11.9. The summed E-state index contributed by atoms with van der Waals surface area (Å²) in [5.41, 5.74) is 2.99. The van der Waals surface area contributed by atoms with E-state index in [0.717, 1.165) is 16.8 Å². The first-order chi connectivity index (χ1) is 18.1. The molecule has 0 aliphatic carbocycles. The summed E-state index contributed by atoms with van der Waals surface area (Å²) in [6.45, 7) is 4.89. The van der Waals surface area contributed by atoms with Gasteiger partial charge in [-0.15, -0.1) is 0 Å². The van der Waals surface area contributed by atoms with Crippen molar-refractivity contribution in [2.75, 3.05) is 37.1 Å². The monoisotopic (exact) mass is 559 g/mol. The Balaban J connectivity index is 1.62. The van der Waals surface area contributed by atoms with E-state index in [0.29, 0.717) is 47.0 Å². The van der Waals surface area contributed by atoms with Crippen LogP contribution in [-0.2, 0) is 34.1 Å². The number of benzene rings is 1. The van der Waals surface area contributed by atoms with Crippen LogP contribution in [0, 0.1) is 6.92 Å². The number of thiazole rings is 1. The number of aromatic nitrogens is 3. The van der Waals surface area contributed by atoms with Crippen molar-refractivity contribution in [3.8, 4) is 0 Å². The number of nitrogens with one attached hydrogen (secondary N) is 3. The van der Waals surface area contributed by atoms with E-state index < -0.39 is 15.9 Å². The van der Waals surface area contributed by atoms with Gasteiger partial charge in [-0.05, 0) is 31.5 Å². The SMILES string of the molecule is CCOC(=O)N1CCc2nc(Nc3nc(C)c(C(=O)NC)s3)nc(NCc3ccc(S(C)(=O)=O)cc3)c2C1. The van der Waals surface area contributed by atoms with Crippen molar-refractivity contribution in [3.63, 3.8) is 0 Å². The fraction of sp³-hybridized carbons (Fsp3) is 0.375. The Morgan fingerprint density at radius 2 is 1.89 bits per heavy atom. The lowest BCUT2D eigenvalue weighted by atomic mass is 10.1. The van der Waals surface area contributed by atoms with Crippen LogP contribution in [0.5, 0.6) is 0 Å². The van der Waals surface area contributed by atoms with E-state index in [9.17, 15) is 18.0 Å². The number of anilines is 3. The van der Waals surface area contributed by atoms with Crippen molar-refractivity contribution in [1.29, 1.82) is 0 Å². The molecular weight excluding hydrogens is 530 g/mol. The Labute approximate surface area is 224 Å². The van der Waals surface area contributed by atoms with Crippen LogP contribution in [0.2, 0.25) is 0 Å². The number of ether oxygens (including phenoxy) is 1. The highest BCUT2D eigenvalue weighted by Crippen LogP contribution is 2.29. The third-order valence-corrected chi connectivity index (χ3v) is 8.05. The van der Waals surface area contributed by atoms with Crippen molar-refractivity contribution in [3.05, 3.63) is 51.7 Å². The highest BCUT2D eigenvalue weighted by Gasteiger charge is 2.27. The van der Waals surface area contributed by atoms with Crippen molar-refractivity contribution < 1.29 is 22.7 Å². The topological polar surface area (TPSA) is 156 Å². The quantitative estimate of drug-likeness (QED) is 0.375. The minimum absolute atomic E-state index is 0.220. The Morgan fingerprint density at radius 1 is 1.16 bits per heavy atom. The molecule has 4 rings (SSSR count). The molecule has 2 amide bonds. The van der Waals surface area contributed by atoms with E-state index in [1.54, 1.807) is 50.1 Å². The third kappa shape index (κ3) is 6.19. The maximum atomic E-state index is 12.4. The second-order valence-electron chi connectivity index (χ2n) is 8.60. The zero-order valence-electron chi connectivity index (χ0n) is 21.5. The number of rotatable bonds is 8. The van der Waals surface area contributed by atoms with Crippen molar-refractivity contribution in [2.45, 2.75) is 38.3 Å². The van der Waals surface area contributed by atoms with Gasteiger partial charge in [0.15, 0.2) is 15.0 Å². The smallest absolute Gasteiger partial charge is 0.410 e. The van der Waals surface area contributed by atoms with Crippen molar-refractivity contribution in [2.24, 2.45) is 0 Å². The maximum absolute atomic E-state index is 12.4. The minimum atomic E-state index is -3.29. The van der Waals surface area contributed by atoms with Gasteiger partial charge in [-0.25, -0.2) is 23.2 Å². The van der Waals surface area contributed by atoms with Crippen LogP contribution in [0.1, 0.15) is 39.1 Å². The molecule has 38 heavy (non-hydrogen) atoms. The summed E-state index contributed by atoms with van der Waals surface area (Å²) >= 11 is 1.20. The highest BCUT2D eigenvalue weighted by atomic mass is 32.2. The Bertz CT molecular complexity index is 1460. The largest absolute Gasteiger partial charge is 0.450 e. The summed E-state index contributed by atoms with van der Waals surface area (Å²) in [5, 5.41) is 9.49. The van der Waals surface area contributed by atoms with Crippen molar-refractivity contribution >= 4 is 50.1 Å². The lowest BCUT2D eigenvalue weighted by Gasteiger charge is -2.29. The first-order valence-corrected chi connectivity index (χ1v) is 14.6. The molecule has 202 valence electrons. The van der Waals surface area contributed by atoms with Gasteiger partial charge in [0.25, 0.3) is 5.91 Å². The van der Waals surface area contributed by atoms with Crippen molar-refractivity contribution in [1.82, 2.24) is 25.2 Å². The summed E-state index contributed by atoms with van der Waals surface area (Å²) in [4.78, 5) is 40.5. The fourth-order valence-electron chi connectivity index (χ4n) is 3.90. The number of carbonyl (C=O) groups excluding carboxylic acids is 2. The molecule has 14 heteroatoms. The Kier molecular flexibility index (Phi) is 8.11. The van der Waals surface area contributed by atoms with E-state index in [1.807, 2.05) is 0 Å². The molecular formula is C24H29N7O5S2. The summed E-state index contributed by atoms with van der Waals surface area (Å²) in [5.74, 6) is 0.613. The standard InChI is InChI=1S/C24H29N7O5S2/c1-5-36-24(33)31-11-10-18-17(13-31)20(26-12-15-6-8-16(9-7-15)38(4,34)35)29-22(28-18)30-23-27-14(2)19(37-23)21(32)25-3/h6-9H,5,10-13H2,1-4H3,(H,25,32)(H2,26,27,28,29,30). The van der Waals surface area contributed by atoms with Crippen LogP contribution in [0.25, 0.3) is 0 Å². The van der Waals surface area contributed by atoms with E-state index in [2.05, 4.69) is 30.9 Å². The summed E-state index contributed by atoms with van der Waals surface area (Å²) in [7, 11) is -1.73. The predicted octanol–water partition coefficient (Wildman–Crippen LogP) is 2.87. The number of hydrogen-bond acceptors (Lipinski definition) is 11. The molecule has 0 unspecified atom stereocenters. The fourth-order valence-corrected chi connectivity index (χ4v) is 5.43. The number of fused-ring (bicyclic) bond motifs is 1. The molecule has 0 atom stereocenters. The zero-order valence-corrected chi connectivity index (χ0v) is 23.1. The molecule has 12 nitrogen and oxygen atoms in total. The number of carbonyl (C=O) groups is 2. The van der Waals surface area contributed by atoms with Gasteiger partial charge in [0.1, 0.15) is 10.7 Å². The molecule has 0 saturated carbocycles. The van der Waals surface area contributed by atoms with Gasteiger partial charge in [0, 0.05) is 38.4 Å². The summed E-state index contributed by atoms with van der Waals surface area (Å²) in [6.07, 6.45) is 1.27. The maximum Gasteiger partial charge on any atom is 0.410 e. The molecule has 0 saturated heterocycles. The van der Waals surface area contributed by atoms with Gasteiger partial charge in [0.05, 0.1) is 29.4 Å². The minimum Gasteiger partial charge on any atom is -0.450 e. The van der Waals surface area contributed by atoms with E-state index in [4.69, 9.17) is 4.74 Å². The number of hydrogen-bond donors (Lipinski definition) is 3. The van der Waals surface area contributed by atoms with Crippen LogP contribution >= 0.6 is 11.3 Å². The normalized spacial score (nSPS) is 13.0. The first kappa shape index (κ1) is 27.3. The molecule has 0 spiro atoms. The molecule has 3 heterocycles. The zero-order chi connectivity index (χ0) is 27.4. The average molecular weight is 560 g/mol. The lowest BCUT2D eigenvalue weighted by Crippen LogP contribution is -2.37. The molecule has 0 fully saturated rings. The molecule has 0 radical (unpaired) electrons. The van der Waals surface area contributed by atoms with Crippen LogP contribution < -0.4 is 16.0 Å². The predicted molar refractivity (Wildman–Crippen MR) is 144 cm³/mol. The van der Waals surface area contributed by atoms with Gasteiger partial charge in [-0.1, -0.05) is 23.5 Å². The van der Waals surface area contributed by atoms with E-state index in [-0.39, 0.29) is 24.0 Å². The van der Waals surface area contributed by atoms with Crippen LogP contribution in [0.15, 0.2) is 29.2 Å². The molecule has 1 aliphatic rings. The second kappa shape index (κ2) is 11.3. The summed E-state index contributed by atoms with van der Waals surface area (Å²) < 4.78 is 28.7. The third-order valence-electron chi connectivity index (χ3n) is 5.85. The number of aryl methyl sites for hydroxylation is 1. The van der Waals surface area contributed by atoms with E-state index in [1.165, 1.54) is 17.6 Å². The Hall–Kier alpha value is -3.78. The van der Waals surface area contributed by atoms with Crippen LogP contribution in [0.3, 0.4) is 0 Å². The highest BCUT2D eigenvalue weighted by molar-refractivity contribution is 7.90. The van der Waals surface area contributed by atoms with Crippen LogP contribution in [0.4, 0.5) is 21.7 Å². The molecule has 1 aromatic carbocycles. The molecule has 3 N–H and O–H groups in total. The lowest BCUT2D eigenvalue weighted by molar-refractivity contribution is 0.0965. The van der Waals surface area contributed by atoms with E-state index >= 15 is 0 Å². The Morgan fingerprint density at radius 3 is 2.55 bits per heavy atom. The van der Waals surface area contributed by atoms with Gasteiger partial charge >= 0.3 is 6.09 Å². The van der Waals surface area contributed by atoms with Gasteiger partial charge in [0.2, 0.25) is 5.95 Å². The number of amides is 2. The molecule has 3 aromatic rings. The van der Waals surface area contributed by atoms with Crippen LogP contribution in [-0.4, -0.2) is 66.7 Å². The second-order valence-corrected chi connectivity index (χ2v) is 11.6. The number of nitrogens with zero attached hydrogens (tertiary/aromatic N) is 4. The molecule has 2 aromatic heterocycles. The average Bonchev–Trinajstić information content (AvgIpc) is 3.26. The molecule has 1 aliphatic heterocycles. The number of sulfone groups is 1.